The molecule has 0 radical (unpaired) electrons. The maximum Gasteiger partial charge on any atom is 0.160 e. The van der Waals surface area contributed by atoms with Crippen LogP contribution in [0.25, 0.3) is 102 Å². The van der Waals surface area contributed by atoms with Gasteiger partial charge in [-0.15, -0.1) is 0 Å². The Morgan fingerprint density at radius 2 is 0.932 bits per heavy atom. The maximum atomic E-state index is 5.29. The van der Waals surface area contributed by atoms with Crippen LogP contribution in [0.4, 0.5) is 0 Å². The molecule has 0 spiro atoms. The van der Waals surface area contributed by atoms with E-state index in [0.717, 1.165) is 110 Å². The Morgan fingerprint density at radius 1 is 0.407 bits per heavy atom. The van der Waals surface area contributed by atoms with Crippen molar-refractivity contribution in [3.63, 3.8) is 0 Å². The van der Waals surface area contributed by atoms with Gasteiger partial charge < -0.3 is 4.57 Å². The first-order valence-corrected chi connectivity index (χ1v) is 20.4. The SMILES string of the molecule is C1=Cc2nc(-c3cccc(-c4ccc(-c5nc(-c6cccc(-c7ccccc7)c6)cc(-c6cccc(-c7ccccc7)c6)n5)cc4)c3)c3c(nc4n3C=CCC4)c2CC1. The number of aryl methyl sites for hydroxylation is 2. The van der Waals surface area contributed by atoms with E-state index in [2.05, 4.69) is 181 Å². The van der Waals surface area contributed by atoms with E-state index in [-0.39, 0.29) is 0 Å². The summed E-state index contributed by atoms with van der Waals surface area (Å²) in [5, 5.41) is 0. The zero-order chi connectivity index (χ0) is 39.1. The van der Waals surface area contributed by atoms with Crippen molar-refractivity contribution in [1.29, 1.82) is 0 Å². The van der Waals surface area contributed by atoms with Crippen LogP contribution < -0.4 is 0 Å². The van der Waals surface area contributed by atoms with Crippen LogP contribution in [0.1, 0.15) is 29.9 Å². The van der Waals surface area contributed by atoms with E-state index >= 15 is 0 Å². The highest BCUT2D eigenvalue weighted by atomic mass is 15.1. The molecule has 1 aliphatic heterocycles. The molecule has 0 unspecified atom stereocenters. The van der Waals surface area contributed by atoms with Crippen LogP contribution in [0, 0.1) is 0 Å². The van der Waals surface area contributed by atoms with E-state index in [1.165, 1.54) is 16.7 Å². The van der Waals surface area contributed by atoms with Gasteiger partial charge in [0.2, 0.25) is 0 Å². The molecular weight excluding hydrogens is 719 g/mol. The minimum atomic E-state index is 0.681. The number of rotatable bonds is 7. The highest BCUT2D eigenvalue weighted by Gasteiger charge is 2.23. The summed E-state index contributed by atoms with van der Waals surface area (Å²) in [6.07, 6.45) is 12.8. The predicted octanol–water partition coefficient (Wildman–Crippen LogP) is 13.3. The molecule has 9 aromatic rings. The number of allylic oxidation sites excluding steroid dienone is 2. The van der Waals surface area contributed by atoms with Gasteiger partial charge in [-0.2, -0.15) is 0 Å². The lowest BCUT2D eigenvalue weighted by Gasteiger charge is -2.15. The average Bonchev–Trinajstić information content (AvgIpc) is 3.72. The van der Waals surface area contributed by atoms with Crippen molar-refractivity contribution in [2.75, 3.05) is 0 Å². The first-order chi connectivity index (χ1) is 29.2. The number of nitrogens with zero attached hydrogens (tertiary/aromatic N) is 5. The molecule has 5 heteroatoms. The largest absolute Gasteiger partial charge is 0.301 e. The quantitative estimate of drug-likeness (QED) is 0.162. The summed E-state index contributed by atoms with van der Waals surface area (Å²) in [5.74, 6) is 1.79. The number of aromatic nitrogens is 5. The molecule has 0 N–H and O–H groups in total. The summed E-state index contributed by atoms with van der Waals surface area (Å²) in [6.45, 7) is 0. The molecule has 5 nitrogen and oxygen atoms in total. The van der Waals surface area contributed by atoms with Crippen LogP contribution in [0.15, 0.2) is 176 Å². The molecule has 4 heterocycles. The third-order valence-corrected chi connectivity index (χ3v) is 11.5. The van der Waals surface area contributed by atoms with Crippen molar-refractivity contribution < 1.29 is 0 Å². The third kappa shape index (κ3) is 6.57. The second-order valence-electron chi connectivity index (χ2n) is 15.3. The fraction of sp³-hybridized carbons (Fsp3) is 0.0741. The standard InChI is InChI=1S/C54H39N5/c1-3-14-36(15-4-1)40-18-11-21-43(32-40)48-35-49(44-22-12-19-41(33-44)37-16-5-2-6-17-37)57-54(56-48)39-29-27-38(28-30-39)42-20-13-23-45(34-42)51-53-52(46-24-7-8-25-47(46)55-51)58-50-26-9-10-31-59(50)53/h1-6,8,10-23,25,27-35H,7,9,24,26H2. The fourth-order valence-corrected chi connectivity index (χ4v) is 8.52. The molecule has 0 bridgehead atoms. The van der Waals surface area contributed by atoms with E-state index < -0.39 is 0 Å². The molecule has 59 heavy (non-hydrogen) atoms. The van der Waals surface area contributed by atoms with Crippen LogP contribution >= 0.6 is 0 Å². The van der Waals surface area contributed by atoms with Crippen molar-refractivity contribution in [1.82, 2.24) is 24.5 Å². The Balaban J connectivity index is 0.988. The van der Waals surface area contributed by atoms with Crippen LogP contribution in [0.3, 0.4) is 0 Å². The minimum absolute atomic E-state index is 0.681. The average molecular weight is 758 g/mol. The van der Waals surface area contributed by atoms with Gasteiger partial charge in [0.1, 0.15) is 5.82 Å². The first kappa shape index (κ1) is 34.7. The van der Waals surface area contributed by atoms with Crippen molar-refractivity contribution in [2.24, 2.45) is 0 Å². The van der Waals surface area contributed by atoms with Gasteiger partial charge in [0.05, 0.1) is 33.8 Å². The maximum absolute atomic E-state index is 5.29. The van der Waals surface area contributed by atoms with E-state index in [4.69, 9.17) is 19.9 Å². The van der Waals surface area contributed by atoms with Crippen molar-refractivity contribution in [3.8, 4) is 78.5 Å². The number of hydrogen-bond donors (Lipinski definition) is 0. The molecule has 0 saturated carbocycles. The Bertz CT molecular complexity index is 2980. The molecule has 0 atom stereocenters. The molecule has 3 aromatic heterocycles. The molecule has 0 fully saturated rings. The van der Waals surface area contributed by atoms with Crippen molar-refractivity contribution in [3.05, 3.63) is 193 Å². The summed E-state index contributed by atoms with van der Waals surface area (Å²) in [6, 6.07) is 57.7. The molecule has 6 aromatic carbocycles. The summed E-state index contributed by atoms with van der Waals surface area (Å²) >= 11 is 0. The highest BCUT2D eigenvalue weighted by molar-refractivity contribution is 5.96. The van der Waals surface area contributed by atoms with Gasteiger partial charge in [0.15, 0.2) is 5.82 Å². The summed E-state index contributed by atoms with van der Waals surface area (Å²) < 4.78 is 2.26. The molecule has 280 valence electrons. The normalized spacial score (nSPS) is 13.0. The van der Waals surface area contributed by atoms with Gasteiger partial charge in [0.25, 0.3) is 0 Å². The van der Waals surface area contributed by atoms with Gasteiger partial charge in [-0.05, 0) is 83.0 Å². The Morgan fingerprint density at radius 3 is 1.58 bits per heavy atom. The van der Waals surface area contributed by atoms with Crippen LogP contribution in [0.5, 0.6) is 0 Å². The highest BCUT2D eigenvalue weighted by Crippen LogP contribution is 2.38. The van der Waals surface area contributed by atoms with E-state index in [9.17, 15) is 0 Å². The molecular formula is C54H39N5. The minimum Gasteiger partial charge on any atom is -0.301 e. The van der Waals surface area contributed by atoms with Crippen LogP contribution in [-0.4, -0.2) is 24.5 Å². The lowest BCUT2D eigenvalue weighted by atomic mass is 9.96. The zero-order valence-corrected chi connectivity index (χ0v) is 32.5. The van der Waals surface area contributed by atoms with Gasteiger partial charge in [-0.1, -0.05) is 152 Å². The number of fused-ring (bicyclic) bond motifs is 5. The number of imidazole rings is 1. The Hall–Kier alpha value is -7.50. The Kier molecular flexibility index (Phi) is 8.70. The van der Waals surface area contributed by atoms with E-state index in [1.807, 2.05) is 12.1 Å². The van der Waals surface area contributed by atoms with E-state index in [0.29, 0.717) is 5.82 Å². The summed E-state index contributed by atoms with van der Waals surface area (Å²) in [4.78, 5) is 20.9. The smallest absolute Gasteiger partial charge is 0.160 e. The van der Waals surface area contributed by atoms with Crippen LogP contribution in [-0.2, 0) is 12.8 Å². The topological polar surface area (TPSA) is 56.5 Å². The van der Waals surface area contributed by atoms with Gasteiger partial charge in [-0.3, -0.25) is 0 Å². The fourth-order valence-electron chi connectivity index (χ4n) is 8.52. The molecule has 0 saturated heterocycles. The number of pyridine rings is 1. The molecule has 0 amide bonds. The third-order valence-electron chi connectivity index (χ3n) is 11.5. The van der Waals surface area contributed by atoms with Crippen LogP contribution in [0.2, 0.25) is 0 Å². The Labute approximate surface area is 343 Å². The second kappa shape index (κ2) is 14.8. The van der Waals surface area contributed by atoms with Crippen molar-refractivity contribution >= 4 is 23.3 Å². The summed E-state index contributed by atoms with van der Waals surface area (Å²) in [5.41, 5.74) is 18.2. The molecule has 11 rings (SSSR count). The zero-order valence-electron chi connectivity index (χ0n) is 32.5. The summed E-state index contributed by atoms with van der Waals surface area (Å²) in [7, 11) is 0. The van der Waals surface area contributed by atoms with Gasteiger partial charge >= 0.3 is 0 Å². The van der Waals surface area contributed by atoms with Gasteiger partial charge in [-0.25, -0.2) is 19.9 Å². The number of hydrogen-bond acceptors (Lipinski definition) is 4. The monoisotopic (exact) mass is 757 g/mol. The second-order valence-corrected chi connectivity index (χ2v) is 15.3. The predicted molar refractivity (Wildman–Crippen MR) is 242 cm³/mol. The van der Waals surface area contributed by atoms with Crippen molar-refractivity contribution in [2.45, 2.75) is 25.7 Å². The lowest BCUT2D eigenvalue weighted by molar-refractivity contribution is 0.848. The lowest BCUT2D eigenvalue weighted by Crippen LogP contribution is -2.04. The van der Waals surface area contributed by atoms with E-state index in [1.54, 1.807) is 0 Å². The first-order valence-electron chi connectivity index (χ1n) is 20.4. The molecule has 1 aliphatic carbocycles. The molecule has 2 aliphatic rings. The van der Waals surface area contributed by atoms with Gasteiger partial charge in [0, 0.05) is 40.4 Å². The number of benzene rings is 6.